The first-order valence-electron chi connectivity index (χ1n) is 8.66. The first-order valence-corrected chi connectivity index (χ1v) is 10.1. The second-order valence-electron chi connectivity index (χ2n) is 6.11. The summed E-state index contributed by atoms with van der Waals surface area (Å²) in [4.78, 5) is 4.40. The molecule has 2 heterocycles. The molecule has 0 amide bonds. The van der Waals surface area contributed by atoms with Gasteiger partial charge in [-0.1, -0.05) is 29.4 Å². The highest BCUT2D eigenvalue weighted by molar-refractivity contribution is 7.92. The molecule has 0 radical (unpaired) electrons. The summed E-state index contributed by atoms with van der Waals surface area (Å²) in [6, 6.07) is 16.7. The number of sulfonamides is 1. The van der Waals surface area contributed by atoms with Crippen LogP contribution in [0.3, 0.4) is 0 Å². The number of para-hydroxylation sites is 1. The minimum Gasteiger partial charge on any atom is -0.497 e. The van der Waals surface area contributed by atoms with Crippen LogP contribution in [0.2, 0.25) is 0 Å². The normalized spacial score (nSPS) is 11.3. The van der Waals surface area contributed by atoms with E-state index in [1.165, 1.54) is 25.5 Å². The van der Waals surface area contributed by atoms with Gasteiger partial charge in [-0.2, -0.15) is 4.98 Å². The van der Waals surface area contributed by atoms with Crippen LogP contribution in [0.25, 0.3) is 11.6 Å². The van der Waals surface area contributed by atoms with Crippen molar-refractivity contribution in [2.75, 3.05) is 11.8 Å². The van der Waals surface area contributed by atoms with Crippen molar-refractivity contribution in [2.45, 2.75) is 11.3 Å². The van der Waals surface area contributed by atoms with E-state index in [0.717, 1.165) is 0 Å². The maximum absolute atomic E-state index is 12.8. The van der Waals surface area contributed by atoms with Gasteiger partial charge in [0.15, 0.2) is 5.76 Å². The second kappa shape index (κ2) is 7.80. The summed E-state index contributed by atoms with van der Waals surface area (Å²) >= 11 is 0. The maximum atomic E-state index is 12.8. The van der Waals surface area contributed by atoms with Crippen molar-refractivity contribution < 1.29 is 22.1 Å². The molecule has 0 aliphatic carbocycles. The Hall–Kier alpha value is -3.59. The Balaban J connectivity index is 1.58. The number of hydrogen-bond acceptors (Lipinski definition) is 7. The molecular formula is C20H17N3O5S. The predicted molar refractivity (Wildman–Crippen MR) is 105 cm³/mol. The Bertz CT molecular complexity index is 1220. The Kier molecular flexibility index (Phi) is 5.05. The first kappa shape index (κ1) is 18.8. The fourth-order valence-corrected chi connectivity index (χ4v) is 3.88. The van der Waals surface area contributed by atoms with Crippen LogP contribution in [0, 0.1) is 0 Å². The number of nitrogens with zero attached hydrogens (tertiary/aromatic N) is 2. The van der Waals surface area contributed by atoms with Crippen molar-refractivity contribution in [3.63, 3.8) is 0 Å². The highest BCUT2D eigenvalue weighted by Crippen LogP contribution is 2.25. The molecule has 1 N–H and O–H groups in total. The number of furan rings is 1. The smallest absolute Gasteiger partial charge is 0.262 e. The Morgan fingerprint density at radius 1 is 1.07 bits per heavy atom. The summed E-state index contributed by atoms with van der Waals surface area (Å²) in [5.74, 6) is 1.62. The molecule has 4 aromatic rings. The molecule has 8 nitrogen and oxygen atoms in total. The predicted octanol–water partition coefficient (Wildman–Crippen LogP) is 3.73. The van der Waals surface area contributed by atoms with Gasteiger partial charge in [-0.25, -0.2) is 8.42 Å². The average Bonchev–Trinajstić information content (AvgIpc) is 3.41. The molecule has 9 heteroatoms. The Labute approximate surface area is 167 Å². The molecule has 0 saturated heterocycles. The van der Waals surface area contributed by atoms with Gasteiger partial charge in [-0.05, 0) is 35.9 Å². The third-order valence-corrected chi connectivity index (χ3v) is 5.53. The number of nitrogens with one attached hydrogen (secondary N) is 1. The van der Waals surface area contributed by atoms with Gasteiger partial charge >= 0.3 is 0 Å². The molecule has 148 valence electrons. The third kappa shape index (κ3) is 4.14. The van der Waals surface area contributed by atoms with E-state index in [4.69, 9.17) is 13.7 Å². The average molecular weight is 411 g/mol. The molecule has 0 spiro atoms. The summed E-state index contributed by atoms with van der Waals surface area (Å²) in [6.45, 7) is 0. The van der Waals surface area contributed by atoms with Crippen molar-refractivity contribution in [3.8, 4) is 17.3 Å². The summed E-state index contributed by atoms with van der Waals surface area (Å²) in [5, 5.41) is 3.89. The summed E-state index contributed by atoms with van der Waals surface area (Å²) < 4.78 is 43.9. The van der Waals surface area contributed by atoms with Gasteiger partial charge in [0.1, 0.15) is 5.75 Å². The lowest BCUT2D eigenvalue weighted by Crippen LogP contribution is -2.14. The van der Waals surface area contributed by atoms with Gasteiger partial charge in [0.25, 0.3) is 10.0 Å². The lowest BCUT2D eigenvalue weighted by atomic mass is 10.1. The number of anilines is 1. The van der Waals surface area contributed by atoms with Gasteiger partial charge in [-0.15, -0.1) is 0 Å². The van der Waals surface area contributed by atoms with Crippen LogP contribution in [-0.2, 0) is 16.4 Å². The van der Waals surface area contributed by atoms with Crippen molar-refractivity contribution in [1.82, 2.24) is 10.1 Å². The van der Waals surface area contributed by atoms with Crippen LogP contribution in [0.4, 0.5) is 5.69 Å². The first-order chi connectivity index (χ1) is 14.0. The summed E-state index contributed by atoms with van der Waals surface area (Å²) in [6.07, 6.45) is 1.78. The highest BCUT2D eigenvalue weighted by Gasteiger charge is 2.18. The molecule has 0 atom stereocenters. The Morgan fingerprint density at radius 3 is 2.72 bits per heavy atom. The van der Waals surface area contributed by atoms with Crippen molar-refractivity contribution >= 4 is 15.7 Å². The van der Waals surface area contributed by atoms with Crippen LogP contribution in [0.5, 0.6) is 5.75 Å². The van der Waals surface area contributed by atoms with E-state index in [2.05, 4.69) is 14.9 Å². The van der Waals surface area contributed by atoms with Gasteiger partial charge in [0.2, 0.25) is 11.7 Å². The van der Waals surface area contributed by atoms with E-state index in [-0.39, 0.29) is 11.3 Å². The van der Waals surface area contributed by atoms with Crippen molar-refractivity contribution in [1.29, 1.82) is 0 Å². The van der Waals surface area contributed by atoms with Crippen LogP contribution >= 0.6 is 0 Å². The van der Waals surface area contributed by atoms with Crippen molar-refractivity contribution in [2.24, 2.45) is 0 Å². The molecule has 4 rings (SSSR count). The van der Waals surface area contributed by atoms with E-state index < -0.39 is 10.0 Å². The van der Waals surface area contributed by atoms with Gasteiger partial charge in [0.05, 0.1) is 30.4 Å². The number of ether oxygens (including phenoxy) is 1. The van der Waals surface area contributed by atoms with Crippen LogP contribution in [-0.4, -0.2) is 25.7 Å². The van der Waals surface area contributed by atoms with Gasteiger partial charge < -0.3 is 13.7 Å². The monoisotopic (exact) mass is 411 g/mol. The fourth-order valence-electron chi connectivity index (χ4n) is 2.74. The number of rotatable bonds is 7. The largest absolute Gasteiger partial charge is 0.497 e. The van der Waals surface area contributed by atoms with E-state index in [1.807, 2.05) is 6.07 Å². The minimum absolute atomic E-state index is 0.101. The molecule has 2 aromatic heterocycles. The molecule has 2 aromatic carbocycles. The lowest BCUT2D eigenvalue weighted by molar-refractivity contribution is 0.384. The van der Waals surface area contributed by atoms with Crippen LogP contribution in [0.15, 0.2) is 80.8 Å². The van der Waals surface area contributed by atoms with Crippen molar-refractivity contribution in [3.05, 3.63) is 78.4 Å². The molecule has 0 unspecified atom stereocenters. The van der Waals surface area contributed by atoms with Gasteiger partial charge in [0, 0.05) is 6.07 Å². The molecule has 0 bridgehead atoms. The molecule has 29 heavy (non-hydrogen) atoms. The van der Waals surface area contributed by atoms with E-state index in [9.17, 15) is 8.42 Å². The zero-order valence-electron chi connectivity index (χ0n) is 15.4. The second-order valence-corrected chi connectivity index (χ2v) is 7.79. The maximum Gasteiger partial charge on any atom is 0.262 e. The molecular weight excluding hydrogens is 394 g/mol. The highest BCUT2D eigenvalue weighted by atomic mass is 32.2. The molecule has 0 aliphatic rings. The zero-order chi connectivity index (χ0) is 20.3. The molecule has 0 saturated carbocycles. The lowest BCUT2D eigenvalue weighted by Gasteiger charge is -2.12. The van der Waals surface area contributed by atoms with E-state index >= 15 is 0 Å². The van der Waals surface area contributed by atoms with E-state index in [0.29, 0.717) is 34.5 Å². The standard InChI is InChI=1S/C20H17N3O5S/c1-26-15-7-4-8-16(13-15)29(24,25)23-17-9-3-2-6-14(17)12-19-21-20(22-28-19)18-10-5-11-27-18/h2-11,13,23H,12H2,1H3. The van der Waals surface area contributed by atoms with E-state index in [1.54, 1.807) is 42.5 Å². The molecule has 0 fully saturated rings. The quantitative estimate of drug-likeness (QED) is 0.494. The summed E-state index contributed by atoms with van der Waals surface area (Å²) in [7, 11) is -2.32. The number of aromatic nitrogens is 2. The Morgan fingerprint density at radius 2 is 1.93 bits per heavy atom. The SMILES string of the molecule is COc1cccc(S(=O)(=O)Nc2ccccc2Cc2nc(-c3ccco3)no2)c1. The third-order valence-electron chi connectivity index (χ3n) is 4.16. The zero-order valence-corrected chi connectivity index (χ0v) is 16.2. The number of methoxy groups -OCH3 is 1. The topological polar surface area (TPSA) is 107 Å². The number of benzene rings is 2. The summed E-state index contributed by atoms with van der Waals surface area (Å²) in [5.41, 5.74) is 1.11. The fraction of sp³-hybridized carbons (Fsp3) is 0.100. The van der Waals surface area contributed by atoms with Gasteiger partial charge in [-0.3, -0.25) is 4.72 Å². The van der Waals surface area contributed by atoms with Crippen LogP contribution < -0.4 is 9.46 Å². The van der Waals surface area contributed by atoms with Crippen LogP contribution in [0.1, 0.15) is 11.5 Å². The number of hydrogen-bond donors (Lipinski definition) is 1. The minimum atomic E-state index is -3.80. The molecule has 0 aliphatic heterocycles.